The molecule has 0 saturated heterocycles. The summed E-state index contributed by atoms with van der Waals surface area (Å²) < 4.78 is 0. The molecule has 1 unspecified atom stereocenters. The number of benzene rings is 1. The van der Waals surface area contributed by atoms with Crippen molar-refractivity contribution in [2.45, 2.75) is 52.7 Å². The molecule has 0 aliphatic rings. The molecule has 0 bridgehead atoms. The largest absolute Gasteiger partial charge is 0.391 e. The van der Waals surface area contributed by atoms with E-state index in [0.717, 1.165) is 18.5 Å². The second-order valence-electron chi connectivity index (χ2n) is 5.70. The Labute approximate surface area is 128 Å². The normalized spacial score (nSPS) is 12.5. The Bertz CT molecular complexity index is 442. The van der Waals surface area contributed by atoms with Crippen LogP contribution in [0.4, 0.5) is 5.69 Å². The third-order valence-electron chi connectivity index (χ3n) is 3.68. The molecule has 1 amide bonds. The van der Waals surface area contributed by atoms with Gasteiger partial charge < -0.3 is 15.7 Å². The number of para-hydroxylation sites is 1. The first-order valence-electron chi connectivity index (χ1n) is 7.81. The average molecular weight is 292 g/mol. The molecule has 4 heteroatoms. The second kappa shape index (κ2) is 8.67. The zero-order valence-electron chi connectivity index (χ0n) is 13.5. The first kappa shape index (κ1) is 17.5. The van der Waals surface area contributed by atoms with Crippen LogP contribution in [-0.4, -0.2) is 29.7 Å². The SMILES string of the molecule is CCC(CC)C(O)CNC(=O)c1ccccc1NC(C)C. The molecule has 3 N–H and O–H groups in total. The lowest BCUT2D eigenvalue weighted by atomic mass is 9.96. The first-order chi connectivity index (χ1) is 9.99. The zero-order valence-corrected chi connectivity index (χ0v) is 13.5. The molecule has 0 heterocycles. The molecule has 0 aliphatic heterocycles. The highest BCUT2D eigenvalue weighted by Gasteiger charge is 2.17. The number of rotatable bonds is 8. The number of anilines is 1. The molecule has 0 aliphatic carbocycles. The van der Waals surface area contributed by atoms with Crippen LogP contribution < -0.4 is 10.6 Å². The van der Waals surface area contributed by atoms with Gasteiger partial charge in [-0.15, -0.1) is 0 Å². The molecular formula is C17H28N2O2. The Kier molecular flexibility index (Phi) is 7.23. The molecule has 0 spiro atoms. The summed E-state index contributed by atoms with van der Waals surface area (Å²) in [4.78, 5) is 12.3. The highest BCUT2D eigenvalue weighted by Crippen LogP contribution is 2.16. The van der Waals surface area contributed by atoms with Crippen molar-refractivity contribution in [3.8, 4) is 0 Å². The van der Waals surface area contributed by atoms with E-state index in [1.54, 1.807) is 6.07 Å². The van der Waals surface area contributed by atoms with Crippen LogP contribution in [0.1, 0.15) is 50.9 Å². The summed E-state index contributed by atoms with van der Waals surface area (Å²) in [5.74, 6) is 0.0816. The van der Waals surface area contributed by atoms with Gasteiger partial charge in [-0.25, -0.2) is 0 Å². The number of hydrogen-bond donors (Lipinski definition) is 3. The maximum Gasteiger partial charge on any atom is 0.253 e. The molecule has 118 valence electrons. The fraction of sp³-hybridized carbons (Fsp3) is 0.588. The van der Waals surface area contributed by atoms with Crippen molar-refractivity contribution in [1.82, 2.24) is 5.32 Å². The topological polar surface area (TPSA) is 61.4 Å². The number of aliphatic hydroxyl groups is 1. The minimum atomic E-state index is -0.492. The lowest BCUT2D eigenvalue weighted by Gasteiger charge is -2.21. The summed E-state index contributed by atoms with van der Waals surface area (Å²) in [6.07, 6.45) is 1.34. The van der Waals surface area contributed by atoms with Gasteiger partial charge in [0.05, 0.1) is 11.7 Å². The fourth-order valence-corrected chi connectivity index (χ4v) is 2.41. The zero-order chi connectivity index (χ0) is 15.8. The quantitative estimate of drug-likeness (QED) is 0.690. The van der Waals surface area contributed by atoms with Gasteiger partial charge in [0.15, 0.2) is 0 Å². The Balaban J connectivity index is 2.68. The minimum Gasteiger partial charge on any atom is -0.391 e. The van der Waals surface area contributed by atoms with E-state index < -0.39 is 6.10 Å². The van der Waals surface area contributed by atoms with Crippen molar-refractivity contribution in [2.75, 3.05) is 11.9 Å². The van der Waals surface area contributed by atoms with E-state index in [1.807, 2.05) is 32.0 Å². The molecule has 0 saturated carbocycles. The highest BCUT2D eigenvalue weighted by molar-refractivity contribution is 5.99. The second-order valence-corrected chi connectivity index (χ2v) is 5.70. The molecule has 4 nitrogen and oxygen atoms in total. The maximum atomic E-state index is 12.3. The van der Waals surface area contributed by atoms with Crippen LogP contribution in [0.5, 0.6) is 0 Å². The van der Waals surface area contributed by atoms with Crippen LogP contribution in [0, 0.1) is 5.92 Å². The Hall–Kier alpha value is -1.55. The summed E-state index contributed by atoms with van der Waals surface area (Å²) >= 11 is 0. The van der Waals surface area contributed by atoms with E-state index in [-0.39, 0.29) is 17.9 Å². The number of aliphatic hydroxyl groups excluding tert-OH is 1. The summed E-state index contributed by atoms with van der Waals surface area (Å²) in [6.45, 7) is 8.47. The van der Waals surface area contributed by atoms with Gasteiger partial charge >= 0.3 is 0 Å². The molecule has 21 heavy (non-hydrogen) atoms. The molecule has 1 aromatic rings. The van der Waals surface area contributed by atoms with Crippen molar-refractivity contribution in [3.63, 3.8) is 0 Å². The number of carbonyl (C=O) groups is 1. The molecular weight excluding hydrogens is 264 g/mol. The molecule has 0 radical (unpaired) electrons. The van der Waals surface area contributed by atoms with Crippen LogP contribution in [0.25, 0.3) is 0 Å². The molecule has 0 fully saturated rings. The first-order valence-corrected chi connectivity index (χ1v) is 7.81. The number of nitrogens with one attached hydrogen (secondary N) is 2. The summed E-state index contributed by atoms with van der Waals surface area (Å²) in [5.41, 5.74) is 1.44. The van der Waals surface area contributed by atoms with Gasteiger partial charge in [-0.05, 0) is 31.9 Å². The van der Waals surface area contributed by atoms with Crippen molar-refractivity contribution in [2.24, 2.45) is 5.92 Å². The summed E-state index contributed by atoms with van der Waals surface area (Å²) in [6, 6.07) is 7.70. The minimum absolute atomic E-state index is 0.149. The smallest absolute Gasteiger partial charge is 0.253 e. The van der Waals surface area contributed by atoms with Gasteiger partial charge in [0, 0.05) is 18.3 Å². The Morgan fingerprint density at radius 2 is 1.81 bits per heavy atom. The third-order valence-corrected chi connectivity index (χ3v) is 3.68. The van der Waals surface area contributed by atoms with Crippen molar-refractivity contribution in [3.05, 3.63) is 29.8 Å². The van der Waals surface area contributed by atoms with Crippen LogP contribution in [-0.2, 0) is 0 Å². The van der Waals surface area contributed by atoms with Gasteiger partial charge in [-0.3, -0.25) is 4.79 Å². The predicted octanol–water partition coefficient (Wildman–Crippen LogP) is 3.03. The van der Waals surface area contributed by atoms with Gasteiger partial charge in [-0.2, -0.15) is 0 Å². The fourth-order valence-electron chi connectivity index (χ4n) is 2.41. The molecule has 1 aromatic carbocycles. The van der Waals surface area contributed by atoms with E-state index >= 15 is 0 Å². The maximum absolute atomic E-state index is 12.3. The third kappa shape index (κ3) is 5.38. The number of hydrogen-bond acceptors (Lipinski definition) is 3. The molecule has 1 atom stereocenters. The van der Waals surface area contributed by atoms with Gasteiger partial charge in [-0.1, -0.05) is 38.8 Å². The highest BCUT2D eigenvalue weighted by atomic mass is 16.3. The summed E-state index contributed by atoms with van der Waals surface area (Å²) in [7, 11) is 0. The Morgan fingerprint density at radius 1 is 1.19 bits per heavy atom. The van der Waals surface area contributed by atoms with Gasteiger partial charge in [0.25, 0.3) is 5.91 Å². The number of carbonyl (C=O) groups excluding carboxylic acids is 1. The monoisotopic (exact) mass is 292 g/mol. The van der Waals surface area contributed by atoms with Crippen LogP contribution >= 0.6 is 0 Å². The lowest BCUT2D eigenvalue weighted by Crippen LogP contribution is -2.36. The summed E-state index contributed by atoms with van der Waals surface area (Å²) in [5, 5.41) is 16.2. The van der Waals surface area contributed by atoms with Crippen molar-refractivity contribution < 1.29 is 9.90 Å². The Morgan fingerprint density at radius 3 is 2.38 bits per heavy atom. The standard InChI is InChI=1S/C17H28N2O2/c1-5-13(6-2)16(20)11-18-17(21)14-9-7-8-10-15(14)19-12(3)4/h7-10,12-13,16,19-20H,5-6,11H2,1-4H3,(H,18,21). The van der Waals surface area contributed by atoms with Crippen LogP contribution in [0.3, 0.4) is 0 Å². The number of amides is 1. The van der Waals surface area contributed by atoms with Gasteiger partial charge in [0.2, 0.25) is 0 Å². The van der Waals surface area contributed by atoms with E-state index in [2.05, 4.69) is 24.5 Å². The van der Waals surface area contributed by atoms with E-state index in [0.29, 0.717) is 12.1 Å². The van der Waals surface area contributed by atoms with E-state index in [9.17, 15) is 9.90 Å². The van der Waals surface area contributed by atoms with Crippen molar-refractivity contribution >= 4 is 11.6 Å². The predicted molar refractivity (Wildman–Crippen MR) is 87.6 cm³/mol. The molecule has 1 rings (SSSR count). The van der Waals surface area contributed by atoms with Crippen molar-refractivity contribution in [1.29, 1.82) is 0 Å². The van der Waals surface area contributed by atoms with E-state index in [1.165, 1.54) is 0 Å². The molecule has 0 aromatic heterocycles. The average Bonchev–Trinajstić information content (AvgIpc) is 2.46. The van der Waals surface area contributed by atoms with E-state index in [4.69, 9.17) is 0 Å². The van der Waals surface area contributed by atoms with Crippen LogP contribution in [0.15, 0.2) is 24.3 Å². The lowest BCUT2D eigenvalue weighted by molar-refractivity contribution is 0.0817. The van der Waals surface area contributed by atoms with Gasteiger partial charge in [0.1, 0.15) is 0 Å². The van der Waals surface area contributed by atoms with Crippen LogP contribution in [0.2, 0.25) is 0 Å².